The molecular weight excluding hydrogens is 251 g/mol. The molecule has 0 bridgehead atoms. The highest BCUT2D eigenvalue weighted by Crippen LogP contribution is 2.19. The van der Waals surface area contributed by atoms with Crippen molar-refractivity contribution in [3.63, 3.8) is 0 Å². The van der Waals surface area contributed by atoms with E-state index in [4.69, 9.17) is 0 Å². The number of benzene rings is 1. The first-order valence-corrected chi connectivity index (χ1v) is 6.46. The van der Waals surface area contributed by atoms with Gasteiger partial charge in [0.15, 0.2) is 5.16 Å². The van der Waals surface area contributed by atoms with Gasteiger partial charge in [0, 0.05) is 24.6 Å². The summed E-state index contributed by atoms with van der Waals surface area (Å²) in [5.74, 6) is 0.411. The van der Waals surface area contributed by atoms with Crippen molar-refractivity contribution in [3.05, 3.63) is 57.8 Å². The van der Waals surface area contributed by atoms with Gasteiger partial charge in [0.05, 0.1) is 0 Å². The van der Waals surface area contributed by atoms with Crippen molar-refractivity contribution >= 4 is 11.8 Å². The van der Waals surface area contributed by atoms with Crippen molar-refractivity contribution in [2.45, 2.75) is 17.8 Å². The molecule has 0 spiro atoms. The van der Waals surface area contributed by atoms with Crippen LogP contribution in [0, 0.1) is 12.7 Å². The highest BCUT2D eigenvalue weighted by Gasteiger charge is 2.04. The molecule has 0 aliphatic heterocycles. The first kappa shape index (κ1) is 12.8. The van der Waals surface area contributed by atoms with E-state index in [0.717, 1.165) is 5.56 Å². The van der Waals surface area contributed by atoms with Gasteiger partial charge in [-0.05, 0) is 24.6 Å². The Balaban J connectivity index is 2.13. The number of nitrogens with zero attached hydrogens (tertiary/aromatic N) is 2. The summed E-state index contributed by atoms with van der Waals surface area (Å²) < 4.78 is 14.6. The molecule has 0 N–H and O–H groups in total. The van der Waals surface area contributed by atoms with E-state index in [1.807, 2.05) is 11.6 Å². The van der Waals surface area contributed by atoms with Crippen molar-refractivity contribution in [3.8, 4) is 0 Å². The summed E-state index contributed by atoms with van der Waals surface area (Å²) >= 11 is 1.46. The van der Waals surface area contributed by atoms with Gasteiger partial charge in [0.25, 0.3) is 5.56 Å². The molecule has 1 aromatic heterocycles. The van der Waals surface area contributed by atoms with E-state index in [9.17, 15) is 9.18 Å². The van der Waals surface area contributed by atoms with E-state index in [1.165, 1.54) is 23.9 Å². The maximum absolute atomic E-state index is 12.7. The molecule has 0 fully saturated rings. The Hall–Kier alpha value is -1.62. The molecule has 0 radical (unpaired) electrons. The molecule has 18 heavy (non-hydrogen) atoms. The number of aromatic nitrogens is 2. The summed E-state index contributed by atoms with van der Waals surface area (Å²) in [6.07, 6.45) is 1.77. The molecule has 1 aromatic carbocycles. The second-order valence-electron chi connectivity index (χ2n) is 4.04. The van der Waals surface area contributed by atoms with Crippen LogP contribution in [0.5, 0.6) is 0 Å². The normalized spacial score (nSPS) is 10.6. The molecule has 0 atom stereocenters. The molecule has 0 unspecified atom stereocenters. The van der Waals surface area contributed by atoms with Crippen LogP contribution in [0.2, 0.25) is 0 Å². The number of hydrogen-bond acceptors (Lipinski definition) is 3. The number of halogens is 1. The predicted octanol–water partition coefficient (Wildman–Crippen LogP) is 2.52. The van der Waals surface area contributed by atoms with Crippen molar-refractivity contribution in [2.24, 2.45) is 7.05 Å². The van der Waals surface area contributed by atoms with Crippen LogP contribution >= 0.6 is 11.8 Å². The maximum atomic E-state index is 12.7. The molecule has 1 heterocycles. The van der Waals surface area contributed by atoms with Crippen molar-refractivity contribution < 1.29 is 4.39 Å². The molecule has 0 aliphatic carbocycles. The van der Waals surface area contributed by atoms with Crippen molar-refractivity contribution in [1.29, 1.82) is 0 Å². The first-order chi connectivity index (χ1) is 8.56. The lowest BCUT2D eigenvalue weighted by Gasteiger charge is -2.07. The molecule has 5 heteroatoms. The van der Waals surface area contributed by atoms with Crippen LogP contribution < -0.4 is 5.56 Å². The lowest BCUT2D eigenvalue weighted by Crippen LogP contribution is -2.15. The van der Waals surface area contributed by atoms with E-state index in [1.54, 1.807) is 25.3 Å². The highest BCUT2D eigenvalue weighted by molar-refractivity contribution is 7.98. The monoisotopic (exact) mass is 264 g/mol. The van der Waals surface area contributed by atoms with Crippen LogP contribution in [-0.4, -0.2) is 9.55 Å². The van der Waals surface area contributed by atoms with E-state index in [0.29, 0.717) is 16.5 Å². The fourth-order valence-corrected chi connectivity index (χ4v) is 2.41. The van der Waals surface area contributed by atoms with E-state index >= 15 is 0 Å². The Labute approximate surface area is 109 Å². The van der Waals surface area contributed by atoms with Crippen LogP contribution in [0.3, 0.4) is 0 Å². The summed E-state index contributed by atoms with van der Waals surface area (Å²) in [5.41, 5.74) is 1.43. The number of aryl methyl sites for hydroxylation is 2. The van der Waals surface area contributed by atoms with Crippen molar-refractivity contribution in [2.75, 3.05) is 0 Å². The van der Waals surface area contributed by atoms with Crippen LogP contribution in [-0.2, 0) is 12.8 Å². The highest BCUT2D eigenvalue weighted by atomic mass is 32.2. The van der Waals surface area contributed by atoms with Gasteiger partial charge in [-0.1, -0.05) is 23.9 Å². The summed E-state index contributed by atoms with van der Waals surface area (Å²) in [6.45, 7) is 1.74. The SMILES string of the molecule is Cc1cn(C)c(SCc2ccc(F)cc2)nc1=O. The van der Waals surface area contributed by atoms with Crippen LogP contribution in [0.4, 0.5) is 4.39 Å². The van der Waals surface area contributed by atoms with Crippen molar-refractivity contribution in [1.82, 2.24) is 9.55 Å². The predicted molar refractivity (Wildman–Crippen MR) is 70.2 cm³/mol. The third kappa shape index (κ3) is 2.98. The smallest absolute Gasteiger partial charge is 0.276 e. The molecule has 0 saturated carbocycles. The van der Waals surface area contributed by atoms with Crippen LogP contribution in [0.15, 0.2) is 40.4 Å². The van der Waals surface area contributed by atoms with E-state index < -0.39 is 0 Å². The Morgan fingerprint density at radius 1 is 1.33 bits per heavy atom. The fraction of sp³-hybridized carbons (Fsp3) is 0.231. The third-order valence-corrected chi connectivity index (χ3v) is 3.62. The summed E-state index contributed by atoms with van der Waals surface area (Å²) in [5, 5.41) is 0.662. The molecule has 2 aromatic rings. The molecule has 94 valence electrons. The van der Waals surface area contributed by atoms with Gasteiger partial charge in [0.2, 0.25) is 0 Å². The Morgan fingerprint density at radius 2 is 2.00 bits per heavy atom. The van der Waals surface area contributed by atoms with Gasteiger partial charge < -0.3 is 4.57 Å². The zero-order chi connectivity index (χ0) is 13.1. The molecule has 2 rings (SSSR count). The topological polar surface area (TPSA) is 34.9 Å². The quantitative estimate of drug-likeness (QED) is 0.631. The van der Waals surface area contributed by atoms with Gasteiger partial charge in [-0.15, -0.1) is 0 Å². The second kappa shape index (κ2) is 5.35. The minimum Gasteiger partial charge on any atom is -0.330 e. The van der Waals surface area contributed by atoms with Gasteiger partial charge in [0.1, 0.15) is 5.82 Å². The van der Waals surface area contributed by atoms with E-state index in [2.05, 4.69) is 4.98 Å². The molecule has 3 nitrogen and oxygen atoms in total. The van der Waals surface area contributed by atoms with Crippen LogP contribution in [0.25, 0.3) is 0 Å². The number of thioether (sulfide) groups is 1. The number of rotatable bonds is 3. The lowest BCUT2D eigenvalue weighted by molar-refractivity contribution is 0.627. The van der Waals surface area contributed by atoms with Gasteiger partial charge in [-0.3, -0.25) is 4.79 Å². The summed E-state index contributed by atoms with van der Waals surface area (Å²) in [6, 6.07) is 6.32. The van der Waals surface area contributed by atoms with Gasteiger partial charge in [-0.25, -0.2) is 4.39 Å². The van der Waals surface area contributed by atoms with Gasteiger partial charge >= 0.3 is 0 Å². The molecule has 0 amide bonds. The standard InChI is InChI=1S/C13H13FN2OS/c1-9-7-16(2)13(15-12(9)17)18-8-10-3-5-11(14)6-4-10/h3-7H,8H2,1-2H3. The molecular formula is C13H13FN2OS. The average molecular weight is 264 g/mol. The minimum absolute atomic E-state index is 0.199. The van der Waals surface area contributed by atoms with Crippen LogP contribution in [0.1, 0.15) is 11.1 Å². The largest absolute Gasteiger partial charge is 0.330 e. The Kier molecular flexibility index (Phi) is 3.81. The fourth-order valence-electron chi connectivity index (χ4n) is 1.52. The summed E-state index contributed by atoms with van der Waals surface area (Å²) in [7, 11) is 1.85. The zero-order valence-corrected chi connectivity index (χ0v) is 11.0. The third-order valence-electron chi connectivity index (χ3n) is 2.50. The Bertz CT molecular complexity index is 607. The lowest BCUT2D eigenvalue weighted by atomic mass is 10.2. The second-order valence-corrected chi connectivity index (χ2v) is 4.98. The maximum Gasteiger partial charge on any atom is 0.276 e. The number of hydrogen-bond donors (Lipinski definition) is 0. The van der Waals surface area contributed by atoms with E-state index in [-0.39, 0.29) is 11.4 Å². The Morgan fingerprint density at radius 3 is 2.67 bits per heavy atom. The first-order valence-electron chi connectivity index (χ1n) is 5.48. The average Bonchev–Trinajstić information content (AvgIpc) is 2.34. The zero-order valence-electron chi connectivity index (χ0n) is 10.2. The summed E-state index contributed by atoms with van der Waals surface area (Å²) in [4.78, 5) is 15.5. The minimum atomic E-state index is -0.246. The van der Waals surface area contributed by atoms with Gasteiger partial charge in [-0.2, -0.15) is 4.98 Å². The molecule has 0 saturated heterocycles. The molecule has 0 aliphatic rings.